The summed E-state index contributed by atoms with van der Waals surface area (Å²) in [5.41, 5.74) is 2.85. The molecule has 0 saturated carbocycles. The third kappa shape index (κ3) is 5.23. The van der Waals surface area contributed by atoms with Gasteiger partial charge in [-0.15, -0.1) is 0 Å². The van der Waals surface area contributed by atoms with Crippen molar-refractivity contribution >= 4 is 29.2 Å². The number of nitrogens with one attached hydrogen (secondary N) is 1. The fourth-order valence-corrected chi connectivity index (χ4v) is 2.78. The van der Waals surface area contributed by atoms with Gasteiger partial charge in [-0.05, 0) is 62.6 Å². The second-order valence-corrected chi connectivity index (χ2v) is 6.52. The molecule has 1 amide bonds. The van der Waals surface area contributed by atoms with E-state index in [1.54, 1.807) is 13.0 Å². The second-order valence-electron chi connectivity index (χ2n) is 6.12. The average Bonchev–Trinajstić information content (AvgIpc) is 2.63. The second kappa shape index (κ2) is 9.42. The minimum Gasteiger partial charge on any atom is -0.480 e. The lowest BCUT2D eigenvalue weighted by Gasteiger charge is -2.19. The van der Waals surface area contributed by atoms with E-state index in [9.17, 15) is 9.59 Å². The Balaban J connectivity index is 2.11. The van der Waals surface area contributed by atoms with E-state index in [4.69, 9.17) is 21.1 Å². The van der Waals surface area contributed by atoms with Gasteiger partial charge in [-0.1, -0.05) is 30.7 Å². The topological polar surface area (TPSA) is 64.6 Å². The van der Waals surface area contributed by atoms with Crippen molar-refractivity contribution in [3.05, 3.63) is 58.1 Å². The molecule has 0 unspecified atom stereocenters. The first-order chi connectivity index (χ1) is 12.9. The lowest BCUT2D eigenvalue weighted by atomic mass is 10.1. The fraction of sp³-hybridized carbons (Fsp3) is 0.333. The molecule has 1 atom stereocenters. The van der Waals surface area contributed by atoms with Crippen molar-refractivity contribution in [1.29, 1.82) is 0 Å². The Labute approximate surface area is 164 Å². The van der Waals surface area contributed by atoms with Gasteiger partial charge >= 0.3 is 5.97 Å². The number of ether oxygens (including phenoxy) is 2. The Bertz CT molecular complexity index is 835. The first kappa shape index (κ1) is 20.8. The van der Waals surface area contributed by atoms with E-state index in [0.29, 0.717) is 17.9 Å². The lowest BCUT2D eigenvalue weighted by Crippen LogP contribution is -2.32. The molecule has 1 N–H and O–H groups in total. The number of halogens is 1. The minimum absolute atomic E-state index is 0.217. The van der Waals surface area contributed by atoms with Crippen LogP contribution in [-0.4, -0.2) is 24.6 Å². The minimum atomic E-state index is -0.644. The summed E-state index contributed by atoms with van der Waals surface area (Å²) in [6.45, 7) is 7.83. The van der Waals surface area contributed by atoms with Gasteiger partial charge < -0.3 is 14.8 Å². The van der Waals surface area contributed by atoms with Crippen LogP contribution in [0.1, 0.15) is 41.8 Å². The molecule has 0 aromatic heterocycles. The van der Waals surface area contributed by atoms with Crippen molar-refractivity contribution in [3.63, 3.8) is 0 Å². The zero-order chi connectivity index (χ0) is 20.0. The van der Waals surface area contributed by atoms with Gasteiger partial charge in [0.15, 0.2) is 6.10 Å². The number of carbonyl (C=O) groups is 2. The van der Waals surface area contributed by atoms with Crippen molar-refractivity contribution in [2.45, 2.75) is 40.2 Å². The standard InChI is InChI=1S/C21H24ClNO4/c1-5-18(27-19-9-7-8-13(3)14(19)4)20(24)23-15-10-11-16(17(22)12-15)21(25)26-6-2/h7-12,18H,5-6H2,1-4H3,(H,23,24)/t18-/m1/s1. The van der Waals surface area contributed by atoms with Gasteiger partial charge in [0.05, 0.1) is 17.2 Å². The van der Waals surface area contributed by atoms with Crippen molar-refractivity contribution in [1.82, 2.24) is 0 Å². The number of aryl methyl sites for hydroxylation is 1. The van der Waals surface area contributed by atoms with Crippen LogP contribution in [0.15, 0.2) is 36.4 Å². The highest BCUT2D eigenvalue weighted by Crippen LogP contribution is 2.24. The highest BCUT2D eigenvalue weighted by Gasteiger charge is 2.20. The number of esters is 1. The Hall–Kier alpha value is -2.53. The molecule has 0 radical (unpaired) electrons. The maximum Gasteiger partial charge on any atom is 0.339 e. The molecule has 0 bridgehead atoms. The largest absolute Gasteiger partial charge is 0.480 e. The number of amides is 1. The maximum atomic E-state index is 12.6. The number of rotatable bonds is 7. The van der Waals surface area contributed by atoms with E-state index in [2.05, 4.69) is 5.32 Å². The summed E-state index contributed by atoms with van der Waals surface area (Å²) in [7, 11) is 0. The molecule has 6 heteroatoms. The van der Waals surface area contributed by atoms with Gasteiger partial charge in [0.1, 0.15) is 5.75 Å². The van der Waals surface area contributed by atoms with Crippen LogP contribution in [0.3, 0.4) is 0 Å². The van der Waals surface area contributed by atoms with Crippen LogP contribution in [0, 0.1) is 13.8 Å². The van der Waals surface area contributed by atoms with Crippen LogP contribution in [0.2, 0.25) is 5.02 Å². The third-order valence-corrected chi connectivity index (χ3v) is 4.53. The van der Waals surface area contributed by atoms with Gasteiger partial charge in [0, 0.05) is 5.69 Å². The van der Waals surface area contributed by atoms with E-state index < -0.39 is 12.1 Å². The summed E-state index contributed by atoms with van der Waals surface area (Å²) in [6.07, 6.45) is -0.137. The van der Waals surface area contributed by atoms with Gasteiger partial charge in [-0.25, -0.2) is 4.79 Å². The molecule has 0 fully saturated rings. The number of hydrogen-bond acceptors (Lipinski definition) is 4. The van der Waals surface area contributed by atoms with Crippen molar-refractivity contribution in [3.8, 4) is 5.75 Å². The van der Waals surface area contributed by atoms with Gasteiger partial charge in [0.25, 0.3) is 5.91 Å². The zero-order valence-corrected chi connectivity index (χ0v) is 16.7. The number of hydrogen-bond donors (Lipinski definition) is 1. The molecule has 0 heterocycles. The van der Waals surface area contributed by atoms with Gasteiger partial charge in [-0.2, -0.15) is 0 Å². The smallest absolute Gasteiger partial charge is 0.339 e. The number of carbonyl (C=O) groups excluding carboxylic acids is 2. The Morgan fingerprint density at radius 3 is 2.52 bits per heavy atom. The quantitative estimate of drug-likeness (QED) is 0.682. The third-order valence-electron chi connectivity index (χ3n) is 4.22. The highest BCUT2D eigenvalue weighted by molar-refractivity contribution is 6.34. The molecular weight excluding hydrogens is 366 g/mol. The lowest BCUT2D eigenvalue weighted by molar-refractivity contribution is -0.122. The molecule has 5 nitrogen and oxygen atoms in total. The van der Waals surface area contributed by atoms with Gasteiger partial charge in [-0.3, -0.25) is 4.79 Å². The summed E-state index contributed by atoms with van der Waals surface area (Å²) in [4.78, 5) is 24.4. The van der Waals surface area contributed by atoms with Crippen LogP contribution in [0.4, 0.5) is 5.69 Å². The Morgan fingerprint density at radius 2 is 1.89 bits per heavy atom. The van der Waals surface area contributed by atoms with Crippen molar-refractivity contribution in [2.75, 3.05) is 11.9 Å². The molecule has 27 heavy (non-hydrogen) atoms. The van der Waals surface area contributed by atoms with Crippen LogP contribution in [-0.2, 0) is 9.53 Å². The monoisotopic (exact) mass is 389 g/mol. The average molecular weight is 390 g/mol. The fourth-order valence-electron chi connectivity index (χ4n) is 2.52. The summed E-state index contributed by atoms with van der Waals surface area (Å²) in [6, 6.07) is 10.4. The number of benzene rings is 2. The van der Waals surface area contributed by atoms with Crippen LogP contribution in [0.25, 0.3) is 0 Å². The predicted octanol–water partition coefficient (Wildman–Crippen LogP) is 4.93. The SMILES string of the molecule is CCOC(=O)c1ccc(NC(=O)[C@@H](CC)Oc2cccc(C)c2C)cc1Cl. The first-order valence-corrected chi connectivity index (χ1v) is 9.25. The van der Waals surface area contributed by atoms with E-state index in [1.807, 2.05) is 39.0 Å². The maximum absolute atomic E-state index is 12.6. The van der Waals surface area contributed by atoms with Crippen molar-refractivity contribution in [2.24, 2.45) is 0 Å². The molecule has 0 aliphatic carbocycles. The molecule has 2 rings (SSSR count). The molecule has 0 aliphatic heterocycles. The molecule has 2 aromatic rings. The summed E-state index contributed by atoms with van der Waals surface area (Å²) >= 11 is 6.14. The number of anilines is 1. The van der Waals surface area contributed by atoms with Gasteiger partial charge in [0.2, 0.25) is 0 Å². The highest BCUT2D eigenvalue weighted by atomic mass is 35.5. The Morgan fingerprint density at radius 1 is 1.15 bits per heavy atom. The van der Waals surface area contributed by atoms with E-state index >= 15 is 0 Å². The van der Waals surface area contributed by atoms with Crippen molar-refractivity contribution < 1.29 is 19.1 Å². The summed E-state index contributed by atoms with van der Waals surface area (Å²) in [5.74, 6) is -0.0869. The van der Waals surface area contributed by atoms with E-state index in [1.165, 1.54) is 12.1 Å². The zero-order valence-electron chi connectivity index (χ0n) is 16.0. The molecule has 0 spiro atoms. The van der Waals surface area contributed by atoms with Crippen LogP contribution in [0.5, 0.6) is 5.75 Å². The van der Waals surface area contributed by atoms with E-state index in [-0.39, 0.29) is 23.1 Å². The molecule has 144 valence electrons. The molecular formula is C21H24ClNO4. The molecule has 0 aliphatic rings. The normalized spacial score (nSPS) is 11.6. The molecule has 0 saturated heterocycles. The predicted molar refractivity (Wildman–Crippen MR) is 107 cm³/mol. The first-order valence-electron chi connectivity index (χ1n) is 8.87. The summed E-state index contributed by atoms with van der Waals surface area (Å²) < 4.78 is 10.9. The molecule has 2 aromatic carbocycles. The Kier molecular flexibility index (Phi) is 7.25. The summed E-state index contributed by atoms with van der Waals surface area (Å²) in [5, 5.41) is 3.00. The van der Waals surface area contributed by atoms with Crippen LogP contribution >= 0.6 is 11.6 Å². The van der Waals surface area contributed by atoms with Crippen LogP contribution < -0.4 is 10.1 Å². The van der Waals surface area contributed by atoms with E-state index in [0.717, 1.165) is 11.1 Å².